The van der Waals surface area contributed by atoms with Crippen LogP contribution in [0.15, 0.2) is 84.9 Å². The molecule has 3 aromatic rings. The van der Waals surface area contributed by atoms with Gasteiger partial charge in [0.25, 0.3) is 5.69 Å². The summed E-state index contributed by atoms with van der Waals surface area (Å²) in [4.78, 5) is 12.5. The van der Waals surface area contributed by atoms with Crippen LogP contribution in [0, 0.1) is 10.1 Å². The van der Waals surface area contributed by atoms with Crippen LogP contribution in [0.5, 0.6) is 5.75 Å². The number of nitro benzene ring substituents is 1. The Hall–Kier alpha value is -3.22. The van der Waals surface area contributed by atoms with Crippen molar-refractivity contribution >= 4 is 5.69 Å². The van der Waals surface area contributed by atoms with Crippen molar-refractivity contribution in [2.24, 2.45) is 0 Å². The van der Waals surface area contributed by atoms with Gasteiger partial charge in [0.2, 0.25) is 0 Å². The van der Waals surface area contributed by atoms with Gasteiger partial charge in [-0.2, -0.15) is 0 Å². The SMILES string of the molecule is CN(CC(O)COc1cccc([N+](=O)[O-])c1)C(c1ccccc1)c1ccccc1. The topological polar surface area (TPSA) is 75.8 Å². The lowest BCUT2D eigenvalue weighted by Gasteiger charge is -2.30. The zero-order valence-electron chi connectivity index (χ0n) is 16.2. The Morgan fingerprint density at radius 1 is 0.966 bits per heavy atom. The van der Waals surface area contributed by atoms with E-state index in [1.807, 2.05) is 43.4 Å². The van der Waals surface area contributed by atoms with Crippen LogP contribution in [-0.4, -0.2) is 41.2 Å². The lowest BCUT2D eigenvalue weighted by Crippen LogP contribution is -2.36. The molecule has 1 unspecified atom stereocenters. The third-order valence-corrected chi connectivity index (χ3v) is 4.64. The number of nitro groups is 1. The third kappa shape index (κ3) is 5.63. The highest BCUT2D eigenvalue weighted by Crippen LogP contribution is 2.27. The Bertz CT molecular complexity index is 879. The summed E-state index contributed by atoms with van der Waals surface area (Å²) >= 11 is 0. The van der Waals surface area contributed by atoms with Crippen molar-refractivity contribution in [3.05, 3.63) is 106 Å². The van der Waals surface area contributed by atoms with Gasteiger partial charge in [-0.05, 0) is 24.2 Å². The van der Waals surface area contributed by atoms with Crippen LogP contribution in [0.25, 0.3) is 0 Å². The summed E-state index contributed by atoms with van der Waals surface area (Å²) < 4.78 is 5.57. The molecular formula is C23H24N2O4. The quantitative estimate of drug-likeness (QED) is 0.439. The first kappa shape index (κ1) is 20.5. The number of non-ortho nitro benzene ring substituents is 1. The number of ether oxygens (including phenoxy) is 1. The van der Waals surface area contributed by atoms with Gasteiger partial charge < -0.3 is 9.84 Å². The van der Waals surface area contributed by atoms with E-state index in [0.29, 0.717) is 12.3 Å². The molecule has 0 radical (unpaired) electrons. The summed E-state index contributed by atoms with van der Waals surface area (Å²) in [5, 5.41) is 21.4. The second-order valence-electron chi connectivity index (χ2n) is 6.88. The van der Waals surface area contributed by atoms with E-state index in [-0.39, 0.29) is 18.3 Å². The van der Waals surface area contributed by atoms with Crippen LogP contribution in [-0.2, 0) is 0 Å². The Morgan fingerprint density at radius 2 is 1.55 bits per heavy atom. The van der Waals surface area contributed by atoms with Crippen molar-refractivity contribution in [1.82, 2.24) is 4.90 Å². The van der Waals surface area contributed by atoms with E-state index in [0.717, 1.165) is 11.1 Å². The fourth-order valence-corrected chi connectivity index (χ4v) is 3.34. The van der Waals surface area contributed by atoms with E-state index < -0.39 is 11.0 Å². The maximum atomic E-state index is 10.9. The standard InChI is InChI=1S/C23H24N2O4/c1-24(16-21(26)17-29-22-14-8-13-20(15-22)25(27)28)23(18-9-4-2-5-10-18)19-11-6-3-7-12-19/h2-15,21,23,26H,16-17H2,1H3. The van der Waals surface area contributed by atoms with Crippen molar-refractivity contribution in [3.63, 3.8) is 0 Å². The van der Waals surface area contributed by atoms with Crippen molar-refractivity contribution in [2.45, 2.75) is 12.1 Å². The molecule has 0 fully saturated rings. The highest BCUT2D eigenvalue weighted by molar-refractivity contribution is 5.38. The monoisotopic (exact) mass is 392 g/mol. The van der Waals surface area contributed by atoms with E-state index in [1.165, 1.54) is 12.1 Å². The number of nitrogens with zero attached hydrogens (tertiary/aromatic N) is 2. The molecule has 0 bridgehead atoms. The predicted molar refractivity (Wildman–Crippen MR) is 112 cm³/mol. The zero-order valence-corrected chi connectivity index (χ0v) is 16.2. The second kappa shape index (κ2) is 9.82. The zero-order chi connectivity index (χ0) is 20.6. The number of hydrogen-bond acceptors (Lipinski definition) is 5. The molecule has 0 saturated carbocycles. The van der Waals surface area contributed by atoms with Crippen LogP contribution in [0.2, 0.25) is 0 Å². The van der Waals surface area contributed by atoms with Gasteiger partial charge >= 0.3 is 0 Å². The van der Waals surface area contributed by atoms with Gasteiger partial charge in [0, 0.05) is 12.6 Å². The summed E-state index contributed by atoms with van der Waals surface area (Å²) in [7, 11) is 1.96. The maximum absolute atomic E-state index is 10.9. The summed E-state index contributed by atoms with van der Waals surface area (Å²) in [6, 6.07) is 26.2. The largest absolute Gasteiger partial charge is 0.491 e. The predicted octanol–water partition coefficient (Wildman–Crippen LogP) is 4.06. The molecule has 0 aliphatic carbocycles. The van der Waals surface area contributed by atoms with E-state index in [9.17, 15) is 15.2 Å². The smallest absolute Gasteiger partial charge is 0.273 e. The van der Waals surface area contributed by atoms with E-state index >= 15 is 0 Å². The third-order valence-electron chi connectivity index (χ3n) is 4.64. The molecule has 29 heavy (non-hydrogen) atoms. The molecule has 0 aliphatic rings. The van der Waals surface area contributed by atoms with Crippen molar-refractivity contribution in [2.75, 3.05) is 20.2 Å². The van der Waals surface area contributed by atoms with Gasteiger partial charge in [-0.3, -0.25) is 15.0 Å². The summed E-state index contributed by atoms with van der Waals surface area (Å²) in [6.45, 7) is 0.422. The minimum absolute atomic E-state index is 0.00939. The Labute approximate surface area is 170 Å². The van der Waals surface area contributed by atoms with Crippen LogP contribution < -0.4 is 4.74 Å². The van der Waals surface area contributed by atoms with Gasteiger partial charge in [-0.25, -0.2) is 0 Å². The fourth-order valence-electron chi connectivity index (χ4n) is 3.34. The average molecular weight is 392 g/mol. The number of benzene rings is 3. The second-order valence-corrected chi connectivity index (χ2v) is 6.88. The molecule has 0 aromatic heterocycles. The molecule has 6 nitrogen and oxygen atoms in total. The number of hydrogen-bond donors (Lipinski definition) is 1. The number of rotatable bonds is 9. The molecule has 0 aliphatic heterocycles. The molecule has 150 valence electrons. The maximum Gasteiger partial charge on any atom is 0.273 e. The van der Waals surface area contributed by atoms with Gasteiger partial charge in [-0.15, -0.1) is 0 Å². The van der Waals surface area contributed by atoms with E-state index in [2.05, 4.69) is 29.2 Å². The first-order valence-electron chi connectivity index (χ1n) is 9.40. The normalized spacial score (nSPS) is 12.1. The first-order valence-corrected chi connectivity index (χ1v) is 9.40. The molecule has 3 rings (SSSR count). The van der Waals surface area contributed by atoms with Gasteiger partial charge in [0.1, 0.15) is 18.5 Å². The Morgan fingerprint density at radius 3 is 2.10 bits per heavy atom. The van der Waals surface area contributed by atoms with Gasteiger partial charge in [0.15, 0.2) is 0 Å². The van der Waals surface area contributed by atoms with Gasteiger partial charge in [0.05, 0.1) is 17.0 Å². The minimum Gasteiger partial charge on any atom is -0.491 e. The number of aliphatic hydroxyl groups is 1. The molecule has 0 amide bonds. The Balaban J connectivity index is 1.67. The first-order chi connectivity index (χ1) is 14.0. The van der Waals surface area contributed by atoms with Crippen LogP contribution in [0.1, 0.15) is 17.2 Å². The highest BCUT2D eigenvalue weighted by Gasteiger charge is 2.21. The molecule has 3 aromatic carbocycles. The van der Waals surface area contributed by atoms with Crippen LogP contribution in [0.3, 0.4) is 0 Å². The summed E-state index contributed by atoms with van der Waals surface area (Å²) in [5.41, 5.74) is 2.23. The number of likely N-dealkylation sites (N-methyl/N-ethyl adjacent to an activating group) is 1. The van der Waals surface area contributed by atoms with Crippen LogP contribution >= 0.6 is 0 Å². The van der Waals surface area contributed by atoms with Crippen molar-refractivity contribution in [1.29, 1.82) is 0 Å². The molecule has 0 spiro atoms. The summed E-state index contributed by atoms with van der Waals surface area (Å²) in [5.74, 6) is 0.364. The molecule has 1 N–H and O–H groups in total. The summed E-state index contributed by atoms with van der Waals surface area (Å²) in [6.07, 6.45) is -0.755. The molecule has 0 heterocycles. The Kier molecular flexibility index (Phi) is 6.94. The molecule has 1 atom stereocenters. The average Bonchev–Trinajstić information content (AvgIpc) is 2.74. The highest BCUT2D eigenvalue weighted by atomic mass is 16.6. The number of aliphatic hydroxyl groups excluding tert-OH is 1. The van der Waals surface area contributed by atoms with E-state index in [1.54, 1.807) is 12.1 Å². The van der Waals surface area contributed by atoms with Crippen LogP contribution in [0.4, 0.5) is 5.69 Å². The van der Waals surface area contributed by atoms with Crippen molar-refractivity contribution < 1.29 is 14.8 Å². The minimum atomic E-state index is -0.755. The lowest BCUT2D eigenvalue weighted by atomic mass is 9.97. The van der Waals surface area contributed by atoms with Gasteiger partial charge in [-0.1, -0.05) is 66.7 Å². The molecule has 0 saturated heterocycles. The molecule has 6 heteroatoms. The molecular weight excluding hydrogens is 368 g/mol. The van der Waals surface area contributed by atoms with E-state index in [4.69, 9.17) is 4.74 Å². The van der Waals surface area contributed by atoms with Crippen molar-refractivity contribution in [3.8, 4) is 5.75 Å². The fraction of sp³-hybridized carbons (Fsp3) is 0.217. The lowest BCUT2D eigenvalue weighted by molar-refractivity contribution is -0.384.